The molecule has 1 aromatic rings. The van der Waals surface area contributed by atoms with Crippen LogP contribution < -0.4 is 0 Å². The summed E-state index contributed by atoms with van der Waals surface area (Å²) in [6.45, 7) is 1.83. The molecule has 1 aliphatic rings. The molecule has 1 aliphatic carbocycles. The maximum Gasteiger partial charge on any atom is 0.189 e. The Morgan fingerprint density at radius 2 is 1.88 bits per heavy atom. The van der Waals surface area contributed by atoms with E-state index in [4.69, 9.17) is 0 Å². The Balaban J connectivity index is 2.28. The van der Waals surface area contributed by atoms with Gasteiger partial charge in [-0.25, -0.2) is 0 Å². The molecule has 1 aromatic carbocycles. The second-order valence-corrected chi connectivity index (χ2v) is 3.99. The number of aliphatic hydroxyl groups is 1. The molecule has 0 aromatic heterocycles. The Morgan fingerprint density at radius 1 is 1.19 bits per heavy atom. The number of benzene rings is 1. The van der Waals surface area contributed by atoms with Crippen LogP contribution in [0.2, 0.25) is 0 Å². The lowest BCUT2D eigenvalue weighted by Gasteiger charge is -2.13. The van der Waals surface area contributed by atoms with Crippen LogP contribution in [-0.2, 0) is 0 Å². The van der Waals surface area contributed by atoms with E-state index in [1.165, 1.54) is 0 Å². The molecule has 0 bridgehead atoms. The molecule has 0 saturated heterocycles. The van der Waals surface area contributed by atoms with Gasteiger partial charge >= 0.3 is 0 Å². The van der Waals surface area contributed by atoms with Gasteiger partial charge in [-0.2, -0.15) is 0 Å². The molecule has 16 heavy (non-hydrogen) atoms. The second-order valence-electron chi connectivity index (χ2n) is 3.99. The fourth-order valence-corrected chi connectivity index (χ4v) is 1.82. The van der Waals surface area contributed by atoms with Crippen LogP contribution in [0.5, 0.6) is 0 Å². The van der Waals surface area contributed by atoms with Crippen molar-refractivity contribution < 1.29 is 9.90 Å². The standard InChI is InChI=1S/C14H14O2/c1-10-9-12(7-8-13(10)15)14(16)11-5-3-2-4-6-11/h2-6,9,15H,7-8H2,1H3. The number of carbonyl (C=O) groups excluding carboxylic acids is 1. The molecule has 0 spiro atoms. The summed E-state index contributed by atoms with van der Waals surface area (Å²) in [6, 6.07) is 9.24. The zero-order valence-electron chi connectivity index (χ0n) is 9.23. The third kappa shape index (κ3) is 2.06. The minimum atomic E-state index is 0.0625. The van der Waals surface area contributed by atoms with Gasteiger partial charge in [0.05, 0.1) is 5.76 Å². The van der Waals surface area contributed by atoms with E-state index in [0.717, 1.165) is 11.1 Å². The highest BCUT2D eigenvalue weighted by Crippen LogP contribution is 2.24. The van der Waals surface area contributed by atoms with Crippen molar-refractivity contribution in [2.24, 2.45) is 0 Å². The zero-order chi connectivity index (χ0) is 11.5. The third-order valence-corrected chi connectivity index (χ3v) is 2.80. The molecule has 2 rings (SSSR count). The van der Waals surface area contributed by atoms with Gasteiger partial charge in [0.1, 0.15) is 0 Å². The summed E-state index contributed by atoms with van der Waals surface area (Å²) in [5.74, 6) is 0.456. The Kier molecular flexibility index (Phi) is 2.91. The van der Waals surface area contributed by atoms with E-state index in [2.05, 4.69) is 0 Å². The topological polar surface area (TPSA) is 37.3 Å². The van der Waals surface area contributed by atoms with Crippen molar-refractivity contribution in [3.8, 4) is 0 Å². The van der Waals surface area contributed by atoms with Gasteiger partial charge in [0.2, 0.25) is 0 Å². The number of ketones is 1. The summed E-state index contributed by atoms with van der Waals surface area (Å²) in [5, 5.41) is 9.47. The number of Topliss-reactive ketones (excluding diaryl/α,β-unsaturated/α-hetero) is 1. The summed E-state index contributed by atoms with van der Waals surface area (Å²) >= 11 is 0. The molecule has 0 radical (unpaired) electrons. The predicted molar refractivity (Wildman–Crippen MR) is 63.4 cm³/mol. The maximum atomic E-state index is 12.1. The predicted octanol–water partition coefficient (Wildman–Crippen LogP) is 3.42. The van der Waals surface area contributed by atoms with Crippen LogP contribution in [0.25, 0.3) is 0 Å². The first-order valence-corrected chi connectivity index (χ1v) is 5.37. The monoisotopic (exact) mass is 214 g/mol. The van der Waals surface area contributed by atoms with E-state index < -0.39 is 0 Å². The first kappa shape index (κ1) is 10.7. The SMILES string of the molecule is CC1=C(O)CCC(C(=O)c2ccccc2)=C1. The average molecular weight is 214 g/mol. The van der Waals surface area contributed by atoms with E-state index >= 15 is 0 Å². The third-order valence-electron chi connectivity index (χ3n) is 2.80. The van der Waals surface area contributed by atoms with Crippen molar-refractivity contribution in [2.45, 2.75) is 19.8 Å². The normalized spacial score (nSPS) is 15.9. The fourth-order valence-electron chi connectivity index (χ4n) is 1.82. The molecule has 2 nitrogen and oxygen atoms in total. The number of hydrogen-bond acceptors (Lipinski definition) is 2. The van der Waals surface area contributed by atoms with Crippen LogP contribution >= 0.6 is 0 Å². The van der Waals surface area contributed by atoms with Crippen LogP contribution in [0, 0.1) is 0 Å². The molecule has 0 unspecified atom stereocenters. The maximum absolute atomic E-state index is 12.1. The van der Waals surface area contributed by atoms with Crippen molar-refractivity contribution in [2.75, 3.05) is 0 Å². The lowest BCUT2D eigenvalue weighted by molar-refractivity contribution is 0.102. The summed E-state index contributed by atoms with van der Waals surface area (Å²) in [6.07, 6.45) is 2.97. The number of aliphatic hydroxyl groups excluding tert-OH is 1. The van der Waals surface area contributed by atoms with Crippen LogP contribution in [-0.4, -0.2) is 10.9 Å². The first-order chi connectivity index (χ1) is 7.68. The Hall–Kier alpha value is -1.83. The molecule has 0 amide bonds. The second kappa shape index (κ2) is 4.35. The van der Waals surface area contributed by atoms with E-state index in [-0.39, 0.29) is 5.78 Å². The summed E-state index contributed by atoms with van der Waals surface area (Å²) < 4.78 is 0. The van der Waals surface area contributed by atoms with Gasteiger partial charge in [-0.3, -0.25) is 4.79 Å². The van der Waals surface area contributed by atoms with Crippen molar-refractivity contribution in [1.29, 1.82) is 0 Å². The highest BCUT2D eigenvalue weighted by Gasteiger charge is 2.16. The van der Waals surface area contributed by atoms with Crippen molar-refractivity contribution >= 4 is 5.78 Å². The molecule has 0 saturated carbocycles. The van der Waals surface area contributed by atoms with Gasteiger partial charge in [-0.05, 0) is 25.0 Å². The number of hydrogen-bond donors (Lipinski definition) is 1. The van der Waals surface area contributed by atoms with Gasteiger partial charge in [0, 0.05) is 17.6 Å². The molecule has 1 N–H and O–H groups in total. The fraction of sp³-hybridized carbons (Fsp3) is 0.214. The molecule has 2 heteroatoms. The van der Waals surface area contributed by atoms with Gasteiger partial charge < -0.3 is 5.11 Å². The minimum absolute atomic E-state index is 0.0625. The van der Waals surface area contributed by atoms with Crippen LogP contribution in [0.15, 0.2) is 53.3 Å². The largest absolute Gasteiger partial charge is 0.512 e. The van der Waals surface area contributed by atoms with Gasteiger partial charge in [0.15, 0.2) is 5.78 Å². The Labute approximate surface area is 94.9 Å². The quantitative estimate of drug-likeness (QED) is 0.766. The van der Waals surface area contributed by atoms with E-state index in [1.54, 1.807) is 6.08 Å². The summed E-state index contributed by atoms with van der Waals surface area (Å²) in [4.78, 5) is 12.1. The van der Waals surface area contributed by atoms with Crippen LogP contribution in [0.1, 0.15) is 30.1 Å². The van der Waals surface area contributed by atoms with Crippen LogP contribution in [0.3, 0.4) is 0 Å². The van der Waals surface area contributed by atoms with Gasteiger partial charge in [-0.15, -0.1) is 0 Å². The molecular formula is C14H14O2. The molecule has 0 fully saturated rings. The van der Waals surface area contributed by atoms with Crippen molar-refractivity contribution in [1.82, 2.24) is 0 Å². The molecular weight excluding hydrogens is 200 g/mol. The Morgan fingerprint density at radius 3 is 2.50 bits per heavy atom. The molecule has 0 heterocycles. The first-order valence-electron chi connectivity index (χ1n) is 5.37. The number of carbonyl (C=O) groups is 1. The minimum Gasteiger partial charge on any atom is -0.512 e. The molecule has 0 aliphatic heterocycles. The van der Waals surface area contributed by atoms with Gasteiger partial charge in [-0.1, -0.05) is 30.3 Å². The summed E-state index contributed by atoms with van der Waals surface area (Å²) in [5.41, 5.74) is 2.29. The smallest absolute Gasteiger partial charge is 0.189 e. The van der Waals surface area contributed by atoms with Crippen molar-refractivity contribution in [3.05, 3.63) is 58.9 Å². The van der Waals surface area contributed by atoms with E-state index in [1.807, 2.05) is 37.3 Å². The number of rotatable bonds is 2. The van der Waals surface area contributed by atoms with Crippen LogP contribution in [0.4, 0.5) is 0 Å². The lowest BCUT2D eigenvalue weighted by atomic mass is 9.92. The van der Waals surface area contributed by atoms with Gasteiger partial charge in [0.25, 0.3) is 0 Å². The molecule has 82 valence electrons. The lowest BCUT2D eigenvalue weighted by Crippen LogP contribution is -2.07. The summed E-state index contributed by atoms with van der Waals surface area (Å²) in [7, 11) is 0. The van der Waals surface area contributed by atoms with Crippen molar-refractivity contribution in [3.63, 3.8) is 0 Å². The number of allylic oxidation sites excluding steroid dienone is 4. The Bertz CT molecular complexity index is 467. The molecule has 0 atom stereocenters. The zero-order valence-corrected chi connectivity index (χ0v) is 9.23. The highest BCUT2D eigenvalue weighted by molar-refractivity contribution is 6.09. The van der Waals surface area contributed by atoms with E-state index in [9.17, 15) is 9.90 Å². The highest BCUT2D eigenvalue weighted by atomic mass is 16.3. The van der Waals surface area contributed by atoms with E-state index in [0.29, 0.717) is 24.2 Å². The average Bonchev–Trinajstić information content (AvgIpc) is 2.33.